The van der Waals surface area contributed by atoms with E-state index in [1.807, 2.05) is 6.92 Å². The Labute approximate surface area is 82.0 Å². The van der Waals surface area contributed by atoms with Crippen LogP contribution in [0, 0.1) is 10.1 Å². The summed E-state index contributed by atoms with van der Waals surface area (Å²) in [4.78, 5) is 9.89. The van der Waals surface area contributed by atoms with E-state index in [1.54, 1.807) is 12.1 Å². The van der Waals surface area contributed by atoms with E-state index in [-0.39, 0.29) is 5.69 Å². The Hall–Kier alpha value is -1.84. The minimum Gasteiger partial charge on any atom is -0.462 e. The van der Waals surface area contributed by atoms with Gasteiger partial charge < -0.3 is 4.74 Å². The summed E-state index contributed by atoms with van der Waals surface area (Å²) in [7, 11) is 0. The summed E-state index contributed by atoms with van der Waals surface area (Å²) in [5.41, 5.74) is 0.0551. The number of hydrogen-bond acceptors (Lipinski definition) is 3. The van der Waals surface area contributed by atoms with Gasteiger partial charge in [0.25, 0.3) is 5.69 Å². The van der Waals surface area contributed by atoms with E-state index in [0.717, 1.165) is 6.42 Å². The van der Waals surface area contributed by atoms with Crippen LogP contribution in [-0.2, 0) is 0 Å². The molecule has 4 nitrogen and oxygen atoms in total. The summed E-state index contributed by atoms with van der Waals surface area (Å²) in [5.74, 6) is 1.21. The standard InChI is InChI=1S/C10H11NO3/c1-3-8(2)14-10-6-4-9(5-7-10)11(12)13/h4-7H,2-3H2,1H3. The number of nitro groups is 1. The van der Waals surface area contributed by atoms with Gasteiger partial charge in [-0.05, 0) is 12.1 Å². The highest BCUT2D eigenvalue weighted by molar-refractivity contribution is 5.36. The van der Waals surface area contributed by atoms with Crippen LogP contribution in [0.1, 0.15) is 13.3 Å². The maximum Gasteiger partial charge on any atom is 0.269 e. The van der Waals surface area contributed by atoms with Crippen molar-refractivity contribution >= 4 is 5.69 Å². The molecule has 1 aromatic rings. The normalized spacial score (nSPS) is 9.50. The topological polar surface area (TPSA) is 52.4 Å². The molecule has 0 unspecified atom stereocenters. The monoisotopic (exact) mass is 193 g/mol. The second-order valence-corrected chi connectivity index (χ2v) is 2.75. The number of nitro benzene ring substituents is 1. The van der Waals surface area contributed by atoms with Crippen molar-refractivity contribution in [3.63, 3.8) is 0 Å². The molecule has 0 heterocycles. The largest absolute Gasteiger partial charge is 0.462 e. The van der Waals surface area contributed by atoms with Crippen LogP contribution in [0.15, 0.2) is 36.6 Å². The van der Waals surface area contributed by atoms with Gasteiger partial charge in [-0.15, -0.1) is 0 Å². The third-order valence-corrected chi connectivity index (χ3v) is 1.70. The van der Waals surface area contributed by atoms with Crippen molar-refractivity contribution in [3.8, 4) is 5.75 Å². The second-order valence-electron chi connectivity index (χ2n) is 2.75. The van der Waals surface area contributed by atoms with Crippen LogP contribution in [0.4, 0.5) is 5.69 Å². The van der Waals surface area contributed by atoms with Crippen LogP contribution in [0.5, 0.6) is 5.75 Å². The Balaban J connectivity index is 2.73. The van der Waals surface area contributed by atoms with Gasteiger partial charge in [0.05, 0.1) is 10.7 Å². The van der Waals surface area contributed by atoms with Gasteiger partial charge in [0.1, 0.15) is 5.75 Å². The van der Waals surface area contributed by atoms with E-state index >= 15 is 0 Å². The molecule has 0 radical (unpaired) electrons. The van der Waals surface area contributed by atoms with E-state index in [0.29, 0.717) is 11.5 Å². The quantitative estimate of drug-likeness (QED) is 0.419. The van der Waals surface area contributed by atoms with Gasteiger partial charge >= 0.3 is 0 Å². The van der Waals surface area contributed by atoms with Gasteiger partial charge in [0.15, 0.2) is 0 Å². The fourth-order valence-corrected chi connectivity index (χ4v) is 0.875. The molecule has 14 heavy (non-hydrogen) atoms. The van der Waals surface area contributed by atoms with Crippen molar-refractivity contribution < 1.29 is 9.66 Å². The van der Waals surface area contributed by atoms with Crippen LogP contribution in [0.2, 0.25) is 0 Å². The molecule has 0 saturated heterocycles. The highest BCUT2D eigenvalue weighted by Crippen LogP contribution is 2.19. The summed E-state index contributed by atoms with van der Waals surface area (Å²) in [6, 6.07) is 5.91. The SMILES string of the molecule is C=C(CC)Oc1ccc([N+](=O)[O-])cc1. The van der Waals surface area contributed by atoms with Crippen LogP contribution in [0.3, 0.4) is 0 Å². The highest BCUT2D eigenvalue weighted by atomic mass is 16.6. The molecule has 0 saturated carbocycles. The third kappa shape index (κ3) is 2.58. The molecule has 74 valence electrons. The van der Waals surface area contributed by atoms with E-state index in [2.05, 4.69) is 6.58 Å². The molecule has 0 aliphatic heterocycles. The second kappa shape index (κ2) is 4.41. The van der Waals surface area contributed by atoms with Crippen molar-refractivity contribution in [2.75, 3.05) is 0 Å². The van der Waals surface area contributed by atoms with Gasteiger partial charge in [-0.25, -0.2) is 0 Å². The van der Waals surface area contributed by atoms with E-state index < -0.39 is 4.92 Å². The molecule has 0 amide bonds. The predicted octanol–water partition coefficient (Wildman–Crippen LogP) is 2.90. The first-order valence-electron chi connectivity index (χ1n) is 4.23. The summed E-state index contributed by atoms with van der Waals surface area (Å²) in [5, 5.41) is 10.3. The van der Waals surface area contributed by atoms with E-state index in [9.17, 15) is 10.1 Å². The van der Waals surface area contributed by atoms with Crippen LogP contribution < -0.4 is 4.74 Å². The number of rotatable bonds is 4. The van der Waals surface area contributed by atoms with E-state index in [1.165, 1.54) is 12.1 Å². The number of benzene rings is 1. The molecule has 0 aliphatic rings. The Bertz CT molecular complexity index is 343. The van der Waals surface area contributed by atoms with Gasteiger partial charge in [0, 0.05) is 18.6 Å². The van der Waals surface area contributed by atoms with Crippen LogP contribution >= 0.6 is 0 Å². The molecule has 0 aliphatic carbocycles. The lowest BCUT2D eigenvalue weighted by molar-refractivity contribution is -0.384. The minimum atomic E-state index is -0.446. The first kappa shape index (κ1) is 10.2. The molecule has 0 atom stereocenters. The number of ether oxygens (including phenoxy) is 1. The lowest BCUT2D eigenvalue weighted by atomic mass is 10.3. The third-order valence-electron chi connectivity index (χ3n) is 1.70. The fraction of sp³-hybridized carbons (Fsp3) is 0.200. The number of non-ortho nitro benzene ring substituents is 1. The molecular weight excluding hydrogens is 182 g/mol. The smallest absolute Gasteiger partial charge is 0.269 e. The van der Waals surface area contributed by atoms with Crippen molar-refractivity contribution in [2.24, 2.45) is 0 Å². The Kier molecular flexibility index (Phi) is 3.23. The molecule has 1 aromatic carbocycles. The zero-order chi connectivity index (χ0) is 10.6. The number of nitrogens with zero attached hydrogens (tertiary/aromatic N) is 1. The molecule has 0 N–H and O–H groups in total. The maximum atomic E-state index is 10.3. The van der Waals surface area contributed by atoms with Crippen molar-refractivity contribution in [1.82, 2.24) is 0 Å². The lowest BCUT2D eigenvalue weighted by Gasteiger charge is -2.05. The molecular formula is C10H11NO3. The van der Waals surface area contributed by atoms with Gasteiger partial charge in [-0.3, -0.25) is 10.1 Å². The van der Waals surface area contributed by atoms with Gasteiger partial charge in [0.2, 0.25) is 0 Å². The average Bonchev–Trinajstić information content (AvgIpc) is 2.18. The van der Waals surface area contributed by atoms with Crippen molar-refractivity contribution in [3.05, 3.63) is 46.7 Å². The van der Waals surface area contributed by atoms with Crippen LogP contribution in [0.25, 0.3) is 0 Å². The van der Waals surface area contributed by atoms with Crippen molar-refractivity contribution in [2.45, 2.75) is 13.3 Å². The summed E-state index contributed by atoms with van der Waals surface area (Å²) < 4.78 is 5.28. The zero-order valence-electron chi connectivity index (χ0n) is 7.90. The van der Waals surface area contributed by atoms with E-state index in [4.69, 9.17) is 4.74 Å². The summed E-state index contributed by atoms with van der Waals surface area (Å²) >= 11 is 0. The fourth-order valence-electron chi connectivity index (χ4n) is 0.875. The number of allylic oxidation sites excluding steroid dienone is 1. The van der Waals surface area contributed by atoms with Crippen LogP contribution in [-0.4, -0.2) is 4.92 Å². The lowest BCUT2D eigenvalue weighted by Crippen LogP contribution is -1.92. The summed E-state index contributed by atoms with van der Waals surface area (Å²) in [6.45, 7) is 5.59. The first-order valence-corrected chi connectivity index (χ1v) is 4.23. The Morgan fingerprint density at radius 3 is 2.50 bits per heavy atom. The van der Waals surface area contributed by atoms with Gasteiger partial charge in [-0.1, -0.05) is 13.5 Å². The summed E-state index contributed by atoms with van der Waals surface area (Å²) in [6.07, 6.45) is 0.719. The Morgan fingerprint density at radius 1 is 1.50 bits per heavy atom. The molecule has 0 bridgehead atoms. The Morgan fingerprint density at radius 2 is 2.07 bits per heavy atom. The molecule has 1 rings (SSSR count). The highest BCUT2D eigenvalue weighted by Gasteiger charge is 2.04. The molecule has 0 fully saturated rings. The predicted molar refractivity (Wildman–Crippen MR) is 53.2 cm³/mol. The maximum absolute atomic E-state index is 10.3. The number of hydrogen-bond donors (Lipinski definition) is 0. The molecule has 4 heteroatoms. The first-order chi connectivity index (χ1) is 6.63. The minimum absolute atomic E-state index is 0.0551. The zero-order valence-corrected chi connectivity index (χ0v) is 7.90. The van der Waals surface area contributed by atoms with Gasteiger partial charge in [-0.2, -0.15) is 0 Å². The molecule has 0 spiro atoms. The molecule has 0 aromatic heterocycles. The van der Waals surface area contributed by atoms with Crippen molar-refractivity contribution in [1.29, 1.82) is 0 Å². The average molecular weight is 193 g/mol.